The van der Waals surface area contributed by atoms with Gasteiger partial charge >= 0.3 is 0 Å². The Bertz CT molecular complexity index is 317. The second-order valence-electron chi connectivity index (χ2n) is 3.37. The minimum Gasteiger partial charge on any atom is -0.396 e. The van der Waals surface area contributed by atoms with Gasteiger partial charge in [-0.2, -0.15) is 0 Å². The van der Waals surface area contributed by atoms with Crippen molar-refractivity contribution in [3.63, 3.8) is 0 Å². The molecule has 0 saturated heterocycles. The second-order valence-corrected chi connectivity index (χ2v) is 4.50. The first kappa shape index (κ1) is 12.5. The van der Waals surface area contributed by atoms with Crippen LogP contribution in [0.15, 0.2) is 23.1 Å². The highest BCUT2D eigenvalue weighted by Gasteiger charge is 2.12. The van der Waals surface area contributed by atoms with Crippen molar-refractivity contribution in [1.82, 2.24) is 0 Å². The van der Waals surface area contributed by atoms with E-state index < -0.39 is 0 Å². The summed E-state index contributed by atoms with van der Waals surface area (Å²) in [5.74, 6) is 0.527. The van der Waals surface area contributed by atoms with E-state index in [-0.39, 0.29) is 18.5 Å². The molecule has 0 aromatic heterocycles. The average Bonchev–Trinajstić information content (AvgIpc) is 2.17. The van der Waals surface area contributed by atoms with Crippen LogP contribution in [0.1, 0.15) is 24.9 Å². The third kappa shape index (κ3) is 3.48. The van der Waals surface area contributed by atoms with Crippen LogP contribution in [0.3, 0.4) is 0 Å². The zero-order chi connectivity index (χ0) is 11.3. The molecule has 0 heterocycles. The molecule has 0 bridgehead atoms. The van der Waals surface area contributed by atoms with E-state index in [9.17, 15) is 4.39 Å². The van der Waals surface area contributed by atoms with E-state index in [1.807, 2.05) is 6.07 Å². The van der Waals surface area contributed by atoms with Gasteiger partial charge in [-0.15, -0.1) is 11.8 Å². The first-order chi connectivity index (χ1) is 7.16. The Morgan fingerprint density at radius 1 is 1.53 bits per heavy atom. The number of thioether (sulfide) groups is 1. The van der Waals surface area contributed by atoms with E-state index in [2.05, 4.69) is 0 Å². The van der Waals surface area contributed by atoms with E-state index in [0.29, 0.717) is 12.0 Å². The van der Waals surface area contributed by atoms with E-state index >= 15 is 0 Å². The van der Waals surface area contributed by atoms with Gasteiger partial charge in [0.2, 0.25) is 0 Å². The molecule has 0 spiro atoms. The van der Waals surface area contributed by atoms with Crippen molar-refractivity contribution in [2.24, 2.45) is 5.73 Å². The zero-order valence-electron chi connectivity index (χ0n) is 8.74. The first-order valence-corrected chi connectivity index (χ1v) is 5.93. The third-order valence-corrected chi connectivity index (χ3v) is 3.19. The molecular formula is C11H16FNOS. The van der Waals surface area contributed by atoms with Crippen molar-refractivity contribution in [3.8, 4) is 0 Å². The van der Waals surface area contributed by atoms with Gasteiger partial charge in [0.05, 0.1) is 0 Å². The predicted octanol–water partition coefficient (Wildman–Crippen LogP) is 2.32. The summed E-state index contributed by atoms with van der Waals surface area (Å²) in [5.41, 5.74) is 6.29. The predicted molar refractivity (Wildman–Crippen MR) is 61.4 cm³/mol. The zero-order valence-corrected chi connectivity index (χ0v) is 9.56. The molecule has 0 aliphatic rings. The number of aliphatic hydroxyl groups is 1. The molecule has 4 heteroatoms. The molecule has 0 fully saturated rings. The summed E-state index contributed by atoms with van der Waals surface area (Å²) >= 11 is 1.53. The Hall–Kier alpha value is -0.580. The summed E-state index contributed by atoms with van der Waals surface area (Å²) in [5, 5.41) is 8.67. The Morgan fingerprint density at radius 2 is 2.27 bits per heavy atom. The Kier molecular flexibility index (Phi) is 5.08. The lowest BCUT2D eigenvalue weighted by molar-refractivity contribution is 0.296. The fourth-order valence-electron chi connectivity index (χ4n) is 1.33. The Labute approximate surface area is 93.7 Å². The van der Waals surface area contributed by atoms with Crippen LogP contribution in [0.5, 0.6) is 0 Å². The van der Waals surface area contributed by atoms with Crippen LogP contribution in [-0.4, -0.2) is 17.5 Å². The summed E-state index contributed by atoms with van der Waals surface area (Å²) in [6, 6.07) is 4.67. The number of hydrogen-bond donors (Lipinski definition) is 2. The van der Waals surface area contributed by atoms with Crippen molar-refractivity contribution in [2.75, 3.05) is 12.4 Å². The van der Waals surface area contributed by atoms with E-state index in [4.69, 9.17) is 10.8 Å². The van der Waals surface area contributed by atoms with Gasteiger partial charge in [-0.1, -0.05) is 6.07 Å². The number of hydrogen-bond acceptors (Lipinski definition) is 3. The molecule has 1 atom stereocenters. The molecule has 1 aromatic carbocycles. The highest BCUT2D eigenvalue weighted by molar-refractivity contribution is 7.99. The van der Waals surface area contributed by atoms with Crippen molar-refractivity contribution in [3.05, 3.63) is 29.6 Å². The maximum atomic E-state index is 13.5. The van der Waals surface area contributed by atoms with Crippen molar-refractivity contribution in [1.29, 1.82) is 0 Å². The quantitative estimate of drug-likeness (QED) is 0.601. The van der Waals surface area contributed by atoms with Gasteiger partial charge < -0.3 is 10.8 Å². The number of benzene rings is 1. The summed E-state index contributed by atoms with van der Waals surface area (Å²) in [6.45, 7) is 1.93. The maximum Gasteiger partial charge on any atom is 0.129 e. The largest absolute Gasteiger partial charge is 0.396 e. The van der Waals surface area contributed by atoms with Crippen LogP contribution in [-0.2, 0) is 0 Å². The van der Waals surface area contributed by atoms with Crippen molar-refractivity contribution >= 4 is 11.8 Å². The lowest BCUT2D eigenvalue weighted by Crippen LogP contribution is -2.09. The van der Waals surface area contributed by atoms with E-state index in [1.54, 1.807) is 13.0 Å². The molecule has 0 saturated carbocycles. The maximum absolute atomic E-state index is 13.5. The third-order valence-electron chi connectivity index (χ3n) is 2.03. The Balaban J connectivity index is 2.81. The van der Waals surface area contributed by atoms with E-state index in [1.165, 1.54) is 17.8 Å². The lowest BCUT2D eigenvalue weighted by atomic mass is 10.1. The summed E-state index contributed by atoms with van der Waals surface area (Å²) < 4.78 is 13.5. The number of rotatable bonds is 5. The van der Waals surface area contributed by atoms with Gasteiger partial charge in [-0.25, -0.2) is 4.39 Å². The Morgan fingerprint density at radius 3 is 2.87 bits per heavy atom. The highest BCUT2D eigenvalue weighted by Crippen LogP contribution is 2.28. The lowest BCUT2D eigenvalue weighted by Gasteiger charge is -2.12. The SMILES string of the molecule is C[C@@H](N)c1c(F)cccc1SCCCO. The van der Waals surface area contributed by atoms with Crippen molar-refractivity contribution in [2.45, 2.75) is 24.3 Å². The monoisotopic (exact) mass is 229 g/mol. The average molecular weight is 229 g/mol. The smallest absolute Gasteiger partial charge is 0.129 e. The fourth-order valence-corrected chi connectivity index (χ4v) is 2.44. The van der Waals surface area contributed by atoms with Gasteiger partial charge in [0.15, 0.2) is 0 Å². The van der Waals surface area contributed by atoms with Gasteiger partial charge in [0, 0.05) is 28.9 Å². The topological polar surface area (TPSA) is 46.2 Å². The minimum absolute atomic E-state index is 0.163. The standard InChI is InChI=1S/C11H16FNOS/c1-8(13)11-9(12)4-2-5-10(11)15-7-3-6-14/h2,4-5,8,14H,3,6-7,13H2,1H3/t8-/m1/s1. The van der Waals surface area contributed by atoms with Crippen LogP contribution < -0.4 is 5.73 Å². The van der Waals surface area contributed by atoms with Crippen LogP contribution >= 0.6 is 11.8 Å². The molecule has 0 aliphatic carbocycles. The molecule has 84 valence electrons. The molecular weight excluding hydrogens is 213 g/mol. The number of aliphatic hydroxyl groups excluding tert-OH is 1. The number of nitrogens with two attached hydrogens (primary N) is 1. The van der Waals surface area contributed by atoms with E-state index in [0.717, 1.165) is 10.6 Å². The van der Waals surface area contributed by atoms with Gasteiger partial charge in [0.25, 0.3) is 0 Å². The van der Waals surface area contributed by atoms with Crippen LogP contribution in [0.25, 0.3) is 0 Å². The normalized spacial score (nSPS) is 12.8. The highest BCUT2D eigenvalue weighted by atomic mass is 32.2. The molecule has 2 nitrogen and oxygen atoms in total. The molecule has 0 amide bonds. The van der Waals surface area contributed by atoms with Crippen LogP contribution in [0.4, 0.5) is 4.39 Å². The fraction of sp³-hybridized carbons (Fsp3) is 0.455. The summed E-state index contributed by atoms with van der Waals surface area (Å²) in [4.78, 5) is 0.874. The molecule has 0 unspecified atom stereocenters. The summed E-state index contributed by atoms with van der Waals surface area (Å²) in [7, 11) is 0. The molecule has 0 aliphatic heterocycles. The van der Waals surface area contributed by atoms with Crippen LogP contribution in [0.2, 0.25) is 0 Å². The van der Waals surface area contributed by atoms with Crippen LogP contribution in [0, 0.1) is 5.82 Å². The molecule has 1 aromatic rings. The molecule has 0 radical (unpaired) electrons. The van der Waals surface area contributed by atoms with Crippen molar-refractivity contribution < 1.29 is 9.50 Å². The molecule has 15 heavy (non-hydrogen) atoms. The first-order valence-electron chi connectivity index (χ1n) is 4.94. The van der Waals surface area contributed by atoms with Gasteiger partial charge in [-0.05, 0) is 25.5 Å². The van der Waals surface area contributed by atoms with Gasteiger partial charge in [-0.3, -0.25) is 0 Å². The van der Waals surface area contributed by atoms with Gasteiger partial charge in [0.1, 0.15) is 5.82 Å². The minimum atomic E-state index is -0.303. The summed E-state index contributed by atoms with van der Waals surface area (Å²) in [6.07, 6.45) is 0.708. The number of halogens is 1. The molecule has 1 rings (SSSR count). The second kappa shape index (κ2) is 6.10. The molecule has 3 N–H and O–H groups in total.